The first-order valence-corrected chi connectivity index (χ1v) is 10.2. The van der Waals surface area contributed by atoms with E-state index >= 15 is 0 Å². The van der Waals surface area contributed by atoms with Crippen LogP contribution in [0.4, 0.5) is 0 Å². The van der Waals surface area contributed by atoms with E-state index in [2.05, 4.69) is 14.6 Å². The minimum atomic E-state index is -0.626. The number of methoxy groups -OCH3 is 2. The average molecular weight is 450 g/mol. The number of aromatic nitrogens is 2. The highest BCUT2D eigenvalue weighted by molar-refractivity contribution is 7.20. The first kappa shape index (κ1) is 21.8. The molecular weight excluding hydrogens is 430 g/mol. The van der Waals surface area contributed by atoms with Crippen LogP contribution in [0.3, 0.4) is 0 Å². The Hall–Kier alpha value is -2.91. The molecule has 1 amide bonds. The van der Waals surface area contributed by atoms with E-state index in [4.69, 9.17) is 11.6 Å². The summed E-state index contributed by atoms with van der Waals surface area (Å²) >= 11 is 7.20. The number of hydrogen-bond acceptors (Lipinski definition) is 7. The van der Waals surface area contributed by atoms with Crippen molar-refractivity contribution in [3.8, 4) is 0 Å². The SMILES string of the molecule is COC(=O)CN(CC(=O)OC)C(=O)c1cc2c(C)nn(Cc3ccc(Cl)cc3)c2s1. The lowest BCUT2D eigenvalue weighted by atomic mass is 10.2. The number of carbonyl (C=O) groups is 3. The Morgan fingerprint density at radius 3 is 2.27 bits per heavy atom. The first-order valence-electron chi connectivity index (χ1n) is 8.96. The summed E-state index contributed by atoms with van der Waals surface area (Å²) in [6.45, 7) is 1.68. The second-order valence-corrected chi connectivity index (χ2v) is 7.98. The van der Waals surface area contributed by atoms with Crippen molar-refractivity contribution in [1.82, 2.24) is 14.7 Å². The lowest BCUT2D eigenvalue weighted by Gasteiger charge is -2.19. The quantitative estimate of drug-likeness (QED) is 0.515. The van der Waals surface area contributed by atoms with Crippen LogP contribution < -0.4 is 0 Å². The molecule has 2 heterocycles. The highest BCUT2D eigenvalue weighted by Gasteiger charge is 2.25. The van der Waals surface area contributed by atoms with Gasteiger partial charge >= 0.3 is 11.9 Å². The first-order chi connectivity index (χ1) is 14.3. The molecule has 0 atom stereocenters. The normalized spacial score (nSPS) is 10.8. The molecule has 3 aromatic rings. The van der Waals surface area contributed by atoms with Crippen molar-refractivity contribution in [3.05, 3.63) is 51.5 Å². The molecule has 3 rings (SSSR count). The van der Waals surface area contributed by atoms with Gasteiger partial charge in [-0.05, 0) is 30.7 Å². The van der Waals surface area contributed by atoms with Crippen LogP contribution in [-0.2, 0) is 25.6 Å². The molecule has 1 aromatic carbocycles. The van der Waals surface area contributed by atoms with Gasteiger partial charge in [0, 0.05) is 10.4 Å². The molecule has 0 saturated carbocycles. The number of halogens is 1. The largest absolute Gasteiger partial charge is 0.468 e. The zero-order chi connectivity index (χ0) is 21.8. The Bertz CT molecular complexity index is 1070. The third-order valence-electron chi connectivity index (χ3n) is 4.45. The number of rotatable bonds is 7. The molecule has 0 fully saturated rings. The Balaban J connectivity index is 1.90. The van der Waals surface area contributed by atoms with E-state index in [9.17, 15) is 14.4 Å². The van der Waals surface area contributed by atoms with E-state index in [0.29, 0.717) is 16.4 Å². The van der Waals surface area contributed by atoms with Crippen LogP contribution in [0.1, 0.15) is 20.9 Å². The maximum absolute atomic E-state index is 13.0. The van der Waals surface area contributed by atoms with Gasteiger partial charge in [-0.15, -0.1) is 11.3 Å². The standard InChI is InChI=1S/C20H20ClN3O5S/c1-12-15-8-16(19(27)23(10-17(25)28-2)11-18(26)29-3)30-20(15)24(22-12)9-13-4-6-14(21)7-5-13/h4-8H,9-11H2,1-3H3. The number of benzene rings is 1. The van der Waals surface area contributed by atoms with Crippen molar-refractivity contribution in [1.29, 1.82) is 0 Å². The topological polar surface area (TPSA) is 90.7 Å². The van der Waals surface area contributed by atoms with Crippen molar-refractivity contribution in [2.45, 2.75) is 13.5 Å². The summed E-state index contributed by atoms with van der Waals surface area (Å²) in [6, 6.07) is 9.18. The van der Waals surface area contributed by atoms with E-state index in [1.165, 1.54) is 25.6 Å². The number of hydrogen-bond donors (Lipinski definition) is 0. The number of ether oxygens (including phenoxy) is 2. The average Bonchev–Trinajstić information content (AvgIpc) is 3.29. The fourth-order valence-electron chi connectivity index (χ4n) is 2.88. The van der Waals surface area contributed by atoms with E-state index in [-0.39, 0.29) is 13.1 Å². The molecule has 0 aliphatic heterocycles. The van der Waals surface area contributed by atoms with Gasteiger partial charge in [-0.2, -0.15) is 5.10 Å². The van der Waals surface area contributed by atoms with Crippen LogP contribution in [0, 0.1) is 6.92 Å². The highest BCUT2D eigenvalue weighted by atomic mass is 35.5. The molecule has 0 spiro atoms. The van der Waals surface area contributed by atoms with E-state index < -0.39 is 17.8 Å². The lowest BCUT2D eigenvalue weighted by Crippen LogP contribution is -2.39. The molecule has 8 nitrogen and oxygen atoms in total. The van der Waals surface area contributed by atoms with Gasteiger partial charge in [0.1, 0.15) is 17.9 Å². The minimum absolute atomic E-state index is 0.353. The summed E-state index contributed by atoms with van der Waals surface area (Å²) in [4.78, 5) is 38.7. The predicted molar refractivity (Wildman–Crippen MR) is 113 cm³/mol. The number of fused-ring (bicyclic) bond motifs is 1. The fourth-order valence-corrected chi connectivity index (χ4v) is 4.14. The molecule has 10 heteroatoms. The second-order valence-electron chi connectivity index (χ2n) is 6.51. The fraction of sp³-hybridized carbons (Fsp3) is 0.300. The van der Waals surface area contributed by atoms with Crippen LogP contribution >= 0.6 is 22.9 Å². The van der Waals surface area contributed by atoms with Gasteiger partial charge in [-0.3, -0.25) is 19.1 Å². The number of esters is 2. The van der Waals surface area contributed by atoms with Crippen molar-refractivity contribution < 1.29 is 23.9 Å². The summed E-state index contributed by atoms with van der Waals surface area (Å²) in [5.41, 5.74) is 1.80. The molecule has 158 valence electrons. The number of amides is 1. The molecule has 0 unspecified atom stereocenters. The molecule has 2 aromatic heterocycles. The van der Waals surface area contributed by atoms with Crippen molar-refractivity contribution >= 4 is 51.0 Å². The molecule has 0 radical (unpaired) electrons. The Labute approximate surface area is 181 Å². The molecule has 0 aliphatic carbocycles. The van der Waals surface area contributed by atoms with Gasteiger partial charge in [-0.25, -0.2) is 0 Å². The van der Waals surface area contributed by atoms with Crippen LogP contribution in [0.2, 0.25) is 5.02 Å². The molecule has 0 aliphatic rings. The summed E-state index contributed by atoms with van der Waals surface area (Å²) in [7, 11) is 2.44. The van der Waals surface area contributed by atoms with Crippen LogP contribution in [0.5, 0.6) is 0 Å². The zero-order valence-electron chi connectivity index (χ0n) is 16.7. The number of nitrogens with zero attached hydrogens (tertiary/aromatic N) is 3. The maximum atomic E-state index is 13.0. The van der Waals surface area contributed by atoms with E-state index in [1.54, 1.807) is 6.07 Å². The van der Waals surface area contributed by atoms with Gasteiger partial charge < -0.3 is 14.4 Å². The van der Waals surface area contributed by atoms with E-state index in [0.717, 1.165) is 26.4 Å². The Kier molecular flexibility index (Phi) is 6.73. The van der Waals surface area contributed by atoms with Gasteiger partial charge in [0.2, 0.25) is 0 Å². The smallest absolute Gasteiger partial charge is 0.325 e. The molecule has 0 saturated heterocycles. The Morgan fingerprint density at radius 1 is 1.10 bits per heavy atom. The third-order valence-corrected chi connectivity index (χ3v) is 5.83. The number of aryl methyl sites for hydroxylation is 1. The monoisotopic (exact) mass is 449 g/mol. The van der Waals surface area contributed by atoms with Gasteiger partial charge in [0.25, 0.3) is 5.91 Å². The van der Waals surface area contributed by atoms with Gasteiger partial charge in [-0.1, -0.05) is 23.7 Å². The zero-order valence-corrected chi connectivity index (χ0v) is 18.2. The molecular formula is C20H20ClN3O5S. The predicted octanol–water partition coefficient (Wildman–Crippen LogP) is 2.90. The molecule has 0 bridgehead atoms. The minimum Gasteiger partial charge on any atom is -0.468 e. The number of carbonyl (C=O) groups excluding carboxylic acids is 3. The summed E-state index contributed by atoms with van der Waals surface area (Å²) < 4.78 is 11.1. The molecule has 0 N–H and O–H groups in total. The third kappa shape index (κ3) is 4.80. The lowest BCUT2D eigenvalue weighted by molar-refractivity contribution is -0.144. The summed E-state index contributed by atoms with van der Waals surface area (Å²) in [5, 5.41) is 6.05. The second kappa shape index (κ2) is 9.27. The van der Waals surface area contributed by atoms with Crippen LogP contribution in [0.15, 0.2) is 30.3 Å². The van der Waals surface area contributed by atoms with Crippen LogP contribution in [-0.4, -0.2) is 59.8 Å². The van der Waals surface area contributed by atoms with Gasteiger partial charge in [0.15, 0.2) is 0 Å². The van der Waals surface area contributed by atoms with Crippen molar-refractivity contribution in [2.75, 3.05) is 27.3 Å². The van der Waals surface area contributed by atoms with Crippen molar-refractivity contribution in [2.24, 2.45) is 0 Å². The Morgan fingerprint density at radius 2 is 1.70 bits per heavy atom. The summed E-state index contributed by atoms with van der Waals surface area (Å²) in [5.74, 6) is -1.71. The summed E-state index contributed by atoms with van der Waals surface area (Å²) in [6.07, 6.45) is 0. The van der Waals surface area contributed by atoms with Crippen LogP contribution in [0.25, 0.3) is 10.2 Å². The maximum Gasteiger partial charge on any atom is 0.325 e. The van der Waals surface area contributed by atoms with E-state index in [1.807, 2.05) is 35.9 Å². The van der Waals surface area contributed by atoms with Gasteiger partial charge in [0.05, 0.1) is 31.3 Å². The van der Waals surface area contributed by atoms with Crippen molar-refractivity contribution in [3.63, 3.8) is 0 Å². The number of thiophene rings is 1. The highest BCUT2D eigenvalue weighted by Crippen LogP contribution is 2.30. The molecule has 30 heavy (non-hydrogen) atoms.